The first-order valence-electron chi connectivity index (χ1n) is 4.25. The molecule has 0 aliphatic rings. The number of carbonyl (C=O) groups excluding carboxylic acids is 1. The van der Waals surface area contributed by atoms with Gasteiger partial charge in [-0.25, -0.2) is 4.98 Å². The maximum atomic E-state index is 11.3. The van der Waals surface area contributed by atoms with Crippen molar-refractivity contribution in [3.05, 3.63) is 15.6 Å². The van der Waals surface area contributed by atoms with Gasteiger partial charge in [0.1, 0.15) is 6.42 Å². The molecule has 0 bridgehead atoms. The minimum Gasteiger partial charge on any atom is -0.330 e. The quantitative estimate of drug-likeness (QED) is 0.751. The van der Waals surface area contributed by atoms with Gasteiger partial charge in [0.2, 0.25) is 5.78 Å². The number of ketones is 1. The van der Waals surface area contributed by atoms with Crippen LogP contribution < -0.4 is 5.73 Å². The Labute approximate surface area is 86.4 Å². The van der Waals surface area contributed by atoms with Crippen molar-refractivity contribution in [2.75, 3.05) is 6.54 Å². The van der Waals surface area contributed by atoms with Crippen molar-refractivity contribution in [3.63, 3.8) is 0 Å². The van der Waals surface area contributed by atoms with E-state index in [-0.39, 0.29) is 12.2 Å². The van der Waals surface area contributed by atoms with Gasteiger partial charge >= 0.3 is 0 Å². The van der Waals surface area contributed by atoms with Gasteiger partial charge in [0.05, 0.1) is 11.8 Å². The summed E-state index contributed by atoms with van der Waals surface area (Å²) in [7, 11) is 0. The van der Waals surface area contributed by atoms with E-state index in [1.165, 1.54) is 11.3 Å². The Bertz CT molecular complexity index is 378. The van der Waals surface area contributed by atoms with E-state index >= 15 is 0 Å². The molecule has 1 heterocycles. The molecule has 1 aromatic heterocycles. The van der Waals surface area contributed by atoms with Crippen molar-refractivity contribution in [2.45, 2.75) is 19.8 Å². The molecule has 0 aromatic carbocycles. The van der Waals surface area contributed by atoms with Gasteiger partial charge in [-0.3, -0.25) is 4.79 Å². The summed E-state index contributed by atoms with van der Waals surface area (Å²) in [5.41, 5.74) is 6.26. The molecule has 2 N–H and O–H groups in total. The summed E-state index contributed by atoms with van der Waals surface area (Å²) in [6.07, 6.45) is 0.637. The lowest BCUT2D eigenvalue weighted by molar-refractivity contribution is 0.0997. The van der Waals surface area contributed by atoms with Crippen molar-refractivity contribution in [2.24, 2.45) is 5.73 Å². The van der Waals surface area contributed by atoms with Gasteiger partial charge in [0.25, 0.3) is 0 Å². The molecule has 14 heavy (non-hydrogen) atoms. The predicted molar refractivity (Wildman–Crippen MR) is 54.2 cm³/mol. The van der Waals surface area contributed by atoms with E-state index in [1.807, 2.05) is 13.0 Å². The molecule has 1 aromatic rings. The number of nitriles is 1. The molecule has 74 valence electrons. The van der Waals surface area contributed by atoms with E-state index in [1.54, 1.807) is 0 Å². The van der Waals surface area contributed by atoms with Crippen LogP contribution >= 0.6 is 11.3 Å². The number of hydrogen-bond donors (Lipinski definition) is 1. The summed E-state index contributed by atoms with van der Waals surface area (Å²) in [6.45, 7) is 2.40. The van der Waals surface area contributed by atoms with Crippen molar-refractivity contribution in [1.29, 1.82) is 5.26 Å². The number of Topliss-reactive ketones (excluding diaryl/α,β-unsaturated/α-hetero) is 1. The number of carbonyl (C=O) groups is 1. The van der Waals surface area contributed by atoms with Crippen LogP contribution in [-0.2, 0) is 6.42 Å². The number of aryl methyl sites for hydroxylation is 1. The summed E-state index contributed by atoms with van der Waals surface area (Å²) in [6, 6.07) is 1.82. The molecule has 0 fully saturated rings. The van der Waals surface area contributed by atoms with E-state index in [4.69, 9.17) is 11.0 Å². The van der Waals surface area contributed by atoms with Gasteiger partial charge in [0.15, 0.2) is 5.01 Å². The van der Waals surface area contributed by atoms with E-state index < -0.39 is 0 Å². The number of nitrogens with two attached hydrogens (primary N) is 1. The Morgan fingerprint density at radius 2 is 2.43 bits per heavy atom. The van der Waals surface area contributed by atoms with Crippen LogP contribution in [0.15, 0.2) is 0 Å². The number of thiazole rings is 1. The first kappa shape index (κ1) is 10.8. The number of nitrogens with zero attached hydrogens (tertiary/aromatic N) is 2. The second kappa shape index (κ2) is 4.84. The van der Waals surface area contributed by atoms with Crippen molar-refractivity contribution < 1.29 is 4.79 Å². The first-order valence-corrected chi connectivity index (χ1v) is 5.07. The second-order valence-corrected chi connectivity index (χ2v) is 3.91. The molecule has 4 nitrogen and oxygen atoms in total. The Balaban J connectivity index is 2.86. The topological polar surface area (TPSA) is 79.8 Å². The average Bonchev–Trinajstić information content (AvgIpc) is 2.49. The zero-order chi connectivity index (χ0) is 10.6. The molecule has 0 saturated heterocycles. The fourth-order valence-electron chi connectivity index (χ4n) is 1.06. The Morgan fingerprint density at radius 1 is 1.71 bits per heavy atom. The highest BCUT2D eigenvalue weighted by molar-refractivity contribution is 7.13. The summed E-state index contributed by atoms with van der Waals surface area (Å²) in [5, 5.41) is 8.79. The lowest BCUT2D eigenvalue weighted by Crippen LogP contribution is -2.01. The van der Waals surface area contributed by atoms with E-state index in [0.717, 1.165) is 17.0 Å². The summed E-state index contributed by atoms with van der Waals surface area (Å²) < 4.78 is 0. The molecule has 0 atom stereocenters. The molecule has 0 amide bonds. The molecule has 0 saturated carbocycles. The Morgan fingerprint density at radius 3 is 3.00 bits per heavy atom. The Hall–Kier alpha value is -1.25. The molecule has 0 aliphatic carbocycles. The summed E-state index contributed by atoms with van der Waals surface area (Å²) >= 11 is 1.34. The summed E-state index contributed by atoms with van der Waals surface area (Å²) in [4.78, 5) is 16.5. The molecular formula is C9H11N3OS. The highest BCUT2D eigenvalue weighted by Gasteiger charge is 2.13. The van der Waals surface area contributed by atoms with E-state index in [9.17, 15) is 4.79 Å². The van der Waals surface area contributed by atoms with Crippen molar-refractivity contribution >= 4 is 17.1 Å². The number of rotatable bonds is 4. The van der Waals surface area contributed by atoms with Crippen LogP contribution in [0.3, 0.4) is 0 Å². The third-order valence-corrected chi connectivity index (χ3v) is 3.00. The lowest BCUT2D eigenvalue weighted by Gasteiger charge is -1.90. The third-order valence-electron chi connectivity index (χ3n) is 1.74. The van der Waals surface area contributed by atoms with Crippen LogP contribution in [0.2, 0.25) is 0 Å². The van der Waals surface area contributed by atoms with Gasteiger partial charge < -0.3 is 5.73 Å². The fraction of sp³-hybridized carbons (Fsp3) is 0.444. The molecule has 0 unspecified atom stereocenters. The van der Waals surface area contributed by atoms with Crippen LogP contribution in [-0.4, -0.2) is 17.3 Å². The van der Waals surface area contributed by atoms with E-state index in [2.05, 4.69) is 4.98 Å². The maximum absolute atomic E-state index is 11.3. The van der Waals surface area contributed by atoms with Gasteiger partial charge in [-0.2, -0.15) is 5.26 Å². The number of hydrogen-bond acceptors (Lipinski definition) is 5. The maximum Gasteiger partial charge on any atom is 0.205 e. The largest absolute Gasteiger partial charge is 0.330 e. The van der Waals surface area contributed by atoms with Crippen LogP contribution in [0.1, 0.15) is 26.8 Å². The van der Waals surface area contributed by atoms with Crippen molar-refractivity contribution in [3.8, 4) is 6.07 Å². The smallest absolute Gasteiger partial charge is 0.205 e. The van der Waals surface area contributed by atoms with Crippen LogP contribution in [0, 0.1) is 18.3 Å². The average molecular weight is 209 g/mol. The highest BCUT2D eigenvalue weighted by Crippen LogP contribution is 2.19. The second-order valence-electron chi connectivity index (χ2n) is 2.82. The van der Waals surface area contributed by atoms with Crippen LogP contribution in [0.25, 0.3) is 0 Å². The van der Waals surface area contributed by atoms with Gasteiger partial charge in [-0.05, 0) is 19.9 Å². The summed E-state index contributed by atoms with van der Waals surface area (Å²) in [5.74, 6) is -0.205. The molecular weight excluding hydrogens is 198 g/mol. The van der Waals surface area contributed by atoms with E-state index in [0.29, 0.717) is 11.6 Å². The molecule has 0 aliphatic heterocycles. The monoisotopic (exact) mass is 209 g/mol. The minimum absolute atomic E-state index is 0.102. The normalized spacial score (nSPS) is 9.79. The van der Waals surface area contributed by atoms with Crippen molar-refractivity contribution in [1.82, 2.24) is 4.98 Å². The first-order chi connectivity index (χ1) is 6.69. The SMILES string of the molecule is Cc1nc(C(=O)CC#N)sc1CCN. The molecule has 0 spiro atoms. The zero-order valence-corrected chi connectivity index (χ0v) is 8.73. The standard InChI is InChI=1S/C9H11N3OS/c1-6-8(3-5-11)14-9(12-6)7(13)2-4-10/h2-3,5,11H2,1H3. The molecule has 5 heteroatoms. The predicted octanol–water partition coefficient (Wildman–Crippen LogP) is 1.05. The van der Waals surface area contributed by atoms with Gasteiger partial charge in [-0.15, -0.1) is 11.3 Å². The minimum atomic E-state index is -0.205. The van der Waals surface area contributed by atoms with Gasteiger partial charge in [-0.1, -0.05) is 0 Å². The Kier molecular flexibility index (Phi) is 3.74. The fourth-order valence-corrected chi connectivity index (χ4v) is 2.07. The van der Waals surface area contributed by atoms with Crippen LogP contribution in [0.4, 0.5) is 0 Å². The number of aromatic nitrogens is 1. The molecule has 1 rings (SSSR count). The highest BCUT2D eigenvalue weighted by atomic mass is 32.1. The molecule has 0 radical (unpaired) electrons. The van der Waals surface area contributed by atoms with Gasteiger partial charge in [0, 0.05) is 4.88 Å². The third kappa shape index (κ3) is 2.37. The zero-order valence-electron chi connectivity index (χ0n) is 7.91. The van der Waals surface area contributed by atoms with Crippen LogP contribution in [0.5, 0.6) is 0 Å². The lowest BCUT2D eigenvalue weighted by atomic mass is 10.3.